The predicted octanol–water partition coefficient (Wildman–Crippen LogP) is 2.06. The van der Waals surface area contributed by atoms with Gasteiger partial charge in [-0.2, -0.15) is 0 Å². The van der Waals surface area contributed by atoms with Gasteiger partial charge in [-0.1, -0.05) is 0 Å². The maximum atomic E-state index is 12.3. The molecule has 0 bridgehead atoms. The maximum absolute atomic E-state index is 12.3. The van der Waals surface area contributed by atoms with Crippen LogP contribution in [0.2, 0.25) is 0 Å². The summed E-state index contributed by atoms with van der Waals surface area (Å²) >= 11 is 0. The topological polar surface area (TPSA) is 84.9 Å². The normalized spacial score (nSPS) is 12.8. The predicted molar refractivity (Wildman–Crippen MR) is 90.2 cm³/mol. The molecular formula is C16H16N2O5S. The molecule has 0 unspecified atom stereocenters. The van der Waals surface area contributed by atoms with Crippen LogP contribution in [0.4, 0.5) is 11.4 Å². The van der Waals surface area contributed by atoms with Gasteiger partial charge in [0.15, 0.2) is 11.5 Å². The zero-order chi connectivity index (χ0) is 17.3. The molecule has 3 rings (SSSR count). The van der Waals surface area contributed by atoms with Gasteiger partial charge in [0.1, 0.15) is 0 Å². The monoisotopic (exact) mass is 348 g/mol. The quantitative estimate of drug-likeness (QED) is 0.914. The van der Waals surface area contributed by atoms with Crippen LogP contribution in [0.3, 0.4) is 0 Å². The summed E-state index contributed by atoms with van der Waals surface area (Å²) in [7, 11) is -1.85. The van der Waals surface area contributed by atoms with E-state index in [0.29, 0.717) is 28.4 Å². The fourth-order valence-corrected chi connectivity index (χ4v) is 2.69. The Bertz CT molecular complexity index is 878. The summed E-state index contributed by atoms with van der Waals surface area (Å²) < 4.78 is 34.6. The number of fused-ring (bicyclic) bond motifs is 1. The molecule has 24 heavy (non-hydrogen) atoms. The molecule has 0 atom stereocenters. The highest BCUT2D eigenvalue weighted by atomic mass is 32.2. The van der Waals surface area contributed by atoms with Crippen molar-refractivity contribution in [1.82, 2.24) is 0 Å². The zero-order valence-electron chi connectivity index (χ0n) is 13.1. The summed E-state index contributed by atoms with van der Waals surface area (Å²) in [6, 6.07) is 11.5. The van der Waals surface area contributed by atoms with Gasteiger partial charge < -0.3 is 14.8 Å². The van der Waals surface area contributed by atoms with Crippen LogP contribution in [0.5, 0.6) is 11.5 Å². The van der Waals surface area contributed by atoms with Crippen LogP contribution >= 0.6 is 0 Å². The van der Waals surface area contributed by atoms with Crippen molar-refractivity contribution >= 4 is 27.3 Å². The fourth-order valence-electron chi connectivity index (χ4n) is 2.19. The first-order valence-corrected chi connectivity index (χ1v) is 8.94. The molecule has 126 valence electrons. The first-order chi connectivity index (χ1) is 11.3. The molecule has 8 heteroatoms. The molecule has 1 amide bonds. The average molecular weight is 348 g/mol. The second-order valence-electron chi connectivity index (χ2n) is 5.30. The Balaban J connectivity index is 1.73. The number of rotatable bonds is 4. The molecule has 0 fully saturated rings. The van der Waals surface area contributed by atoms with Gasteiger partial charge in [0, 0.05) is 18.3 Å². The third-order valence-corrected chi connectivity index (χ3v) is 4.83. The van der Waals surface area contributed by atoms with Gasteiger partial charge in [0.25, 0.3) is 5.91 Å². The van der Waals surface area contributed by atoms with E-state index in [1.807, 2.05) is 0 Å². The van der Waals surface area contributed by atoms with Crippen LogP contribution in [0, 0.1) is 0 Å². The van der Waals surface area contributed by atoms with Crippen molar-refractivity contribution in [2.24, 2.45) is 0 Å². The molecule has 1 aliphatic heterocycles. The number of hydrogen-bond donors (Lipinski definition) is 1. The smallest absolute Gasteiger partial charge is 0.255 e. The Kier molecular flexibility index (Phi) is 4.06. The van der Waals surface area contributed by atoms with Crippen LogP contribution in [0.1, 0.15) is 10.4 Å². The summed E-state index contributed by atoms with van der Waals surface area (Å²) in [6.07, 6.45) is 1.13. The second-order valence-corrected chi connectivity index (χ2v) is 7.31. The van der Waals surface area contributed by atoms with E-state index in [2.05, 4.69) is 5.32 Å². The molecule has 0 aromatic heterocycles. The van der Waals surface area contributed by atoms with E-state index in [9.17, 15) is 13.2 Å². The number of nitrogens with zero attached hydrogens (tertiary/aromatic N) is 1. The molecule has 1 N–H and O–H groups in total. The van der Waals surface area contributed by atoms with Gasteiger partial charge in [-0.3, -0.25) is 9.10 Å². The number of hydrogen-bond acceptors (Lipinski definition) is 5. The van der Waals surface area contributed by atoms with Crippen molar-refractivity contribution in [3.63, 3.8) is 0 Å². The highest BCUT2D eigenvalue weighted by molar-refractivity contribution is 7.92. The fraction of sp³-hybridized carbons (Fsp3) is 0.188. The molecule has 0 spiro atoms. The van der Waals surface area contributed by atoms with Crippen molar-refractivity contribution in [3.8, 4) is 11.5 Å². The Morgan fingerprint density at radius 1 is 1.08 bits per heavy atom. The van der Waals surface area contributed by atoms with Gasteiger partial charge in [0.05, 0.1) is 11.9 Å². The van der Waals surface area contributed by atoms with Crippen LogP contribution in [-0.4, -0.2) is 34.4 Å². The lowest BCUT2D eigenvalue weighted by atomic mass is 10.2. The molecular weight excluding hydrogens is 332 g/mol. The number of nitrogens with one attached hydrogen (secondary N) is 1. The van der Waals surface area contributed by atoms with Crippen molar-refractivity contribution < 1.29 is 22.7 Å². The van der Waals surface area contributed by atoms with E-state index < -0.39 is 10.0 Å². The van der Waals surface area contributed by atoms with Crippen molar-refractivity contribution in [1.29, 1.82) is 0 Å². The van der Waals surface area contributed by atoms with Crippen LogP contribution < -0.4 is 19.1 Å². The first kappa shape index (κ1) is 16.1. The SMILES string of the molecule is CN(c1ccc(NC(=O)c2ccc3c(c2)OCO3)cc1)S(C)(=O)=O. The summed E-state index contributed by atoms with van der Waals surface area (Å²) in [6.45, 7) is 0.149. The summed E-state index contributed by atoms with van der Waals surface area (Å²) in [5.41, 5.74) is 1.51. The van der Waals surface area contributed by atoms with Crippen molar-refractivity contribution in [2.75, 3.05) is 29.7 Å². The summed E-state index contributed by atoms with van der Waals surface area (Å²) in [4.78, 5) is 12.3. The third kappa shape index (κ3) is 3.28. The molecule has 0 radical (unpaired) electrons. The van der Waals surface area contributed by atoms with E-state index in [-0.39, 0.29) is 12.7 Å². The van der Waals surface area contributed by atoms with Gasteiger partial charge in [0.2, 0.25) is 16.8 Å². The number of amides is 1. The van der Waals surface area contributed by atoms with E-state index in [1.54, 1.807) is 42.5 Å². The Hall–Kier alpha value is -2.74. The maximum Gasteiger partial charge on any atom is 0.255 e. The molecule has 2 aromatic rings. The summed E-state index contributed by atoms with van der Waals surface area (Å²) in [5, 5.41) is 2.75. The molecule has 1 aliphatic rings. The van der Waals surface area contributed by atoms with Gasteiger partial charge in [-0.25, -0.2) is 8.42 Å². The van der Waals surface area contributed by atoms with Gasteiger partial charge >= 0.3 is 0 Å². The van der Waals surface area contributed by atoms with Gasteiger partial charge in [-0.15, -0.1) is 0 Å². The minimum Gasteiger partial charge on any atom is -0.454 e. The number of carbonyl (C=O) groups is 1. The summed E-state index contributed by atoms with van der Waals surface area (Å²) in [5.74, 6) is 0.852. The number of anilines is 2. The lowest BCUT2D eigenvalue weighted by Crippen LogP contribution is -2.24. The van der Waals surface area contributed by atoms with Crippen LogP contribution in [0.15, 0.2) is 42.5 Å². The molecule has 0 saturated carbocycles. The molecule has 2 aromatic carbocycles. The molecule has 1 heterocycles. The van der Waals surface area contributed by atoms with E-state index >= 15 is 0 Å². The van der Waals surface area contributed by atoms with E-state index in [4.69, 9.17) is 9.47 Å². The average Bonchev–Trinajstić information content (AvgIpc) is 3.01. The molecule has 7 nitrogen and oxygen atoms in total. The van der Waals surface area contributed by atoms with Gasteiger partial charge in [-0.05, 0) is 42.5 Å². The number of benzene rings is 2. The van der Waals surface area contributed by atoms with Crippen molar-refractivity contribution in [3.05, 3.63) is 48.0 Å². The Labute approximate surface area is 139 Å². The largest absolute Gasteiger partial charge is 0.454 e. The van der Waals surface area contributed by atoms with E-state index in [1.165, 1.54) is 7.05 Å². The number of carbonyl (C=O) groups excluding carboxylic acids is 1. The first-order valence-electron chi connectivity index (χ1n) is 7.09. The lowest BCUT2D eigenvalue weighted by Gasteiger charge is -2.16. The second kappa shape index (κ2) is 6.04. The highest BCUT2D eigenvalue weighted by Crippen LogP contribution is 2.32. The standard InChI is InChI=1S/C16H16N2O5S/c1-18(24(2,20)21)13-6-4-12(5-7-13)17-16(19)11-3-8-14-15(9-11)23-10-22-14/h3-9H,10H2,1-2H3,(H,17,19). The lowest BCUT2D eigenvalue weighted by molar-refractivity contribution is 0.102. The highest BCUT2D eigenvalue weighted by Gasteiger charge is 2.16. The number of sulfonamides is 1. The molecule has 0 aliphatic carbocycles. The minimum atomic E-state index is -3.32. The Morgan fingerprint density at radius 2 is 1.75 bits per heavy atom. The zero-order valence-corrected chi connectivity index (χ0v) is 14.0. The van der Waals surface area contributed by atoms with Crippen LogP contribution in [0.25, 0.3) is 0 Å². The Morgan fingerprint density at radius 3 is 2.42 bits per heavy atom. The minimum absolute atomic E-state index is 0.149. The third-order valence-electron chi connectivity index (χ3n) is 3.62. The molecule has 0 saturated heterocycles. The van der Waals surface area contributed by atoms with E-state index in [0.717, 1.165) is 10.6 Å². The van der Waals surface area contributed by atoms with Crippen LogP contribution in [-0.2, 0) is 10.0 Å². The number of ether oxygens (including phenoxy) is 2. The van der Waals surface area contributed by atoms with Crippen molar-refractivity contribution in [2.45, 2.75) is 0 Å².